The Bertz CT molecular complexity index is 256. The quantitative estimate of drug-likeness (QED) is 0.764. The van der Waals surface area contributed by atoms with Crippen LogP contribution in [0.1, 0.15) is 25.1 Å². The third kappa shape index (κ3) is 3.55. The summed E-state index contributed by atoms with van der Waals surface area (Å²) in [7, 11) is 0. The minimum atomic E-state index is 0.698. The van der Waals surface area contributed by atoms with E-state index in [9.17, 15) is 0 Å². The van der Waals surface area contributed by atoms with E-state index in [0.717, 1.165) is 18.8 Å². The smallest absolute Gasteiger partial charge is 0.0570 e. The molecule has 0 aliphatic carbocycles. The third-order valence-electron chi connectivity index (χ3n) is 1.96. The van der Waals surface area contributed by atoms with Gasteiger partial charge in [0, 0.05) is 12.7 Å². The zero-order valence-corrected chi connectivity index (χ0v) is 8.67. The van der Waals surface area contributed by atoms with Gasteiger partial charge in [-0.1, -0.05) is 19.9 Å². The van der Waals surface area contributed by atoms with Crippen LogP contribution in [0.25, 0.3) is 0 Å². The maximum atomic E-state index is 4.31. The molecule has 1 aromatic heterocycles. The van der Waals surface area contributed by atoms with Crippen molar-refractivity contribution in [1.29, 1.82) is 0 Å². The van der Waals surface area contributed by atoms with Crippen LogP contribution in [0.15, 0.2) is 18.3 Å². The van der Waals surface area contributed by atoms with Crippen LogP contribution in [0.4, 0.5) is 0 Å². The van der Waals surface area contributed by atoms with Gasteiger partial charge in [0.2, 0.25) is 0 Å². The van der Waals surface area contributed by atoms with E-state index in [4.69, 9.17) is 0 Å². The number of aromatic nitrogens is 1. The molecule has 0 spiro atoms. The first kappa shape index (κ1) is 10.2. The minimum Gasteiger partial charge on any atom is -0.311 e. The molecule has 1 rings (SSSR count). The van der Waals surface area contributed by atoms with Crippen LogP contribution in [0.3, 0.4) is 0 Å². The highest BCUT2D eigenvalue weighted by molar-refractivity contribution is 5.17. The van der Waals surface area contributed by atoms with Gasteiger partial charge in [-0.2, -0.15) is 0 Å². The van der Waals surface area contributed by atoms with E-state index in [1.165, 1.54) is 5.56 Å². The molecule has 0 atom stereocenters. The fourth-order valence-corrected chi connectivity index (χ4v) is 1.18. The van der Waals surface area contributed by atoms with E-state index < -0.39 is 0 Å². The molecule has 0 fully saturated rings. The first-order chi connectivity index (χ1) is 6.20. The predicted molar refractivity (Wildman–Crippen MR) is 55.5 cm³/mol. The van der Waals surface area contributed by atoms with Gasteiger partial charge < -0.3 is 5.32 Å². The Morgan fingerprint density at radius 1 is 1.46 bits per heavy atom. The number of hydrogen-bond acceptors (Lipinski definition) is 2. The summed E-state index contributed by atoms with van der Waals surface area (Å²) in [6.45, 7) is 8.44. The van der Waals surface area contributed by atoms with Crippen molar-refractivity contribution in [3.63, 3.8) is 0 Å². The van der Waals surface area contributed by atoms with E-state index >= 15 is 0 Å². The average molecular weight is 178 g/mol. The van der Waals surface area contributed by atoms with Gasteiger partial charge in [0.15, 0.2) is 0 Å². The Labute approximate surface area is 80.4 Å². The van der Waals surface area contributed by atoms with Gasteiger partial charge in [-0.3, -0.25) is 4.98 Å². The van der Waals surface area contributed by atoms with Crippen LogP contribution in [0.5, 0.6) is 0 Å². The van der Waals surface area contributed by atoms with E-state index in [1.54, 1.807) is 0 Å². The van der Waals surface area contributed by atoms with Crippen LogP contribution in [0.2, 0.25) is 0 Å². The van der Waals surface area contributed by atoms with Gasteiger partial charge in [0.1, 0.15) is 0 Å². The summed E-state index contributed by atoms with van der Waals surface area (Å²) < 4.78 is 0. The zero-order valence-electron chi connectivity index (χ0n) is 8.67. The van der Waals surface area contributed by atoms with Crippen LogP contribution in [-0.2, 0) is 6.54 Å². The first-order valence-corrected chi connectivity index (χ1v) is 4.81. The molecule has 0 aromatic carbocycles. The van der Waals surface area contributed by atoms with Crippen molar-refractivity contribution in [2.24, 2.45) is 5.92 Å². The molecule has 0 bridgehead atoms. The van der Waals surface area contributed by atoms with Crippen molar-refractivity contribution in [1.82, 2.24) is 10.3 Å². The van der Waals surface area contributed by atoms with Gasteiger partial charge in [-0.25, -0.2) is 0 Å². The zero-order chi connectivity index (χ0) is 9.68. The normalized spacial score (nSPS) is 10.8. The van der Waals surface area contributed by atoms with Crippen molar-refractivity contribution in [2.45, 2.75) is 27.3 Å². The highest BCUT2D eigenvalue weighted by Crippen LogP contribution is 2.02. The van der Waals surface area contributed by atoms with Gasteiger partial charge in [0.05, 0.1) is 5.69 Å². The molecule has 1 aromatic rings. The lowest BCUT2D eigenvalue weighted by atomic mass is 10.2. The minimum absolute atomic E-state index is 0.698. The highest BCUT2D eigenvalue weighted by Gasteiger charge is 1.98. The maximum absolute atomic E-state index is 4.31. The molecule has 1 N–H and O–H groups in total. The van der Waals surface area contributed by atoms with Crippen LogP contribution < -0.4 is 5.32 Å². The van der Waals surface area contributed by atoms with Crippen LogP contribution >= 0.6 is 0 Å². The molecule has 1 heterocycles. The van der Waals surface area contributed by atoms with Gasteiger partial charge >= 0.3 is 0 Å². The summed E-state index contributed by atoms with van der Waals surface area (Å²) in [5.41, 5.74) is 2.42. The lowest BCUT2D eigenvalue weighted by molar-refractivity contribution is 0.547. The summed E-state index contributed by atoms with van der Waals surface area (Å²) in [5.74, 6) is 0.698. The Morgan fingerprint density at radius 2 is 2.23 bits per heavy atom. The number of nitrogens with zero attached hydrogens (tertiary/aromatic N) is 1. The lowest BCUT2D eigenvalue weighted by Crippen LogP contribution is -2.20. The molecule has 2 heteroatoms. The lowest BCUT2D eigenvalue weighted by Gasteiger charge is -2.08. The molecule has 0 aliphatic heterocycles. The number of hydrogen-bond donors (Lipinski definition) is 1. The topological polar surface area (TPSA) is 24.9 Å². The third-order valence-corrected chi connectivity index (χ3v) is 1.96. The Balaban J connectivity index is 2.41. The first-order valence-electron chi connectivity index (χ1n) is 4.81. The number of pyridine rings is 1. The number of aryl methyl sites for hydroxylation is 1. The van der Waals surface area contributed by atoms with Gasteiger partial charge in [-0.05, 0) is 31.0 Å². The Morgan fingerprint density at radius 3 is 2.85 bits per heavy atom. The second kappa shape index (κ2) is 4.97. The largest absolute Gasteiger partial charge is 0.311 e. The standard InChI is InChI=1S/C11H18N2/c1-9(2)7-12-8-11-10(3)5-4-6-13-11/h4-6,9,12H,7-8H2,1-3H3. The van der Waals surface area contributed by atoms with E-state index in [-0.39, 0.29) is 0 Å². The van der Waals surface area contributed by atoms with Crippen molar-refractivity contribution >= 4 is 0 Å². The summed E-state index contributed by atoms with van der Waals surface area (Å²) in [6, 6.07) is 4.07. The summed E-state index contributed by atoms with van der Waals surface area (Å²) in [6.07, 6.45) is 1.85. The summed E-state index contributed by atoms with van der Waals surface area (Å²) in [5, 5.41) is 3.38. The molecule has 72 valence electrons. The van der Waals surface area contributed by atoms with Gasteiger partial charge in [0.25, 0.3) is 0 Å². The summed E-state index contributed by atoms with van der Waals surface area (Å²) >= 11 is 0. The SMILES string of the molecule is Cc1cccnc1CNCC(C)C. The fourth-order valence-electron chi connectivity index (χ4n) is 1.18. The van der Waals surface area contributed by atoms with Crippen molar-refractivity contribution in [2.75, 3.05) is 6.54 Å². The second-order valence-electron chi connectivity index (χ2n) is 3.79. The van der Waals surface area contributed by atoms with Crippen LogP contribution in [-0.4, -0.2) is 11.5 Å². The monoisotopic (exact) mass is 178 g/mol. The van der Waals surface area contributed by atoms with E-state index in [2.05, 4.69) is 37.1 Å². The van der Waals surface area contributed by atoms with Crippen LogP contribution in [0, 0.1) is 12.8 Å². The molecule has 2 nitrogen and oxygen atoms in total. The second-order valence-corrected chi connectivity index (χ2v) is 3.79. The molecular formula is C11H18N2. The predicted octanol–water partition coefficient (Wildman–Crippen LogP) is 2.14. The van der Waals surface area contributed by atoms with Crippen molar-refractivity contribution in [3.8, 4) is 0 Å². The maximum Gasteiger partial charge on any atom is 0.0570 e. The number of nitrogens with one attached hydrogen (secondary N) is 1. The fraction of sp³-hybridized carbons (Fsp3) is 0.545. The van der Waals surface area contributed by atoms with Crippen molar-refractivity contribution in [3.05, 3.63) is 29.6 Å². The van der Waals surface area contributed by atoms with E-state index in [0.29, 0.717) is 5.92 Å². The molecule has 0 amide bonds. The molecule has 0 radical (unpaired) electrons. The molecular weight excluding hydrogens is 160 g/mol. The molecule has 0 saturated carbocycles. The number of rotatable bonds is 4. The molecule has 0 saturated heterocycles. The van der Waals surface area contributed by atoms with Crippen molar-refractivity contribution < 1.29 is 0 Å². The Kier molecular flexibility index (Phi) is 3.90. The summed E-state index contributed by atoms with van der Waals surface area (Å²) in [4.78, 5) is 4.31. The average Bonchev–Trinajstić information content (AvgIpc) is 2.08. The molecule has 0 unspecified atom stereocenters. The highest BCUT2D eigenvalue weighted by atomic mass is 14.9. The Hall–Kier alpha value is -0.890. The molecule has 0 aliphatic rings. The van der Waals surface area contributed by atoms with E-state index in [1.807, 2.05) is 12.3 Å². The molecule has 13 heavy (non-hydrogen) atoms. The van der Waals surface area contributed by atoms with Gasteiger partial charge in [-0.15, -0.1) is 0 Å².